The zero-order valence-corrected chi connectivity index (χ0v) is 15.4. The van der Waals surface area contributed by atoms with Gasteiger partial charge in [0.15, 0.2) is 10.9 Å². The highest BCUT2D eigenvalue weighted by atomic mass is 32.1. The van der Waals surface area contributed by atoms with E-state index >= 15 is 0 Å². The number of ether oxygens (including phenoxy) is 2. The van der Waals surface area contributed by atoms with Gasteiger partial charge in [0.25, 0.3) is 0 Å². The van der Waals surface area contributed by atoms with Gasteiger partial charge in [0.2, 0.25) is 0 Å². The van der Waals surface area contributed by atoms with Crippen LogP contribution in [-0.2, 0) is 6.54 Å². The normalized spacial score (nSPS) is 10.2. The van der Waals surface area contributed by atoms with Gasteiger partial charge in [-0.1, -0.05) is 30.3 Å². The minimum absolute atomic E-state index is 0.435. The van der Waals surface area contributed by atoms with Gasteiger partial charge < -0.3 is 20.1 Å². The van der Waals surface area contributed by atoms with Crippen molar-refractivity contribution in [2.45, 2.75) is 6.54 Å². The Bertz CT molecular complexity index is 858. The molecule has 0 unspecified atom stereocenters. The maximum Gasteiger partial charge on any atom is 0.176 e. The van der Waals surface area contributed by atoms with E-state index in [1.807, 2.05) is 47.3 Å². The Hall–Kier alpha value is -3.06. The molecule has 0 amide bonds. The summed E-state index contributed by atoms with van der Waals surface area (Å²) in [6.45, 7) is 0.704. The molecule has 0 saturated carbocycles. The summed E-state index contributed by atoms with van der Waals surface area (Å²) in [6, 6.07) is 17.5. The molecular weight excluding hydrogens is 348 g/mol. The third-order valence-electron chi connectivity index (χ3n) is 3.68. The molecule has 134 valence electrons. The van der Waals surface area contributed by atoms with E-state index in [2.05, 4.69) is 27.9 Å². The SMILES string of the molecule is COc1cc(NC(=S)Nc2ccn(Cc3ccccc3)n2)cc(OC)c1. The molecule has 2 N–H and O–H groups in total. The van der Waals surface area contributed by atoms with Crippen LogP contribution >= 0.6 is 12.2 Å². The molecule has 26 heavy (non-hydrogen) atoms. The van der Waals surface area contributed by atoms with E-state index in [0.29, 0.717) is 29.0 Å². The van der Waals surface area contributed by atoms with Gasteiger partial charge in [0.1, 0.15) is 11.5 Å². The first-order chi connectivity index (χ1) is 12.7. The Kier molecular flexibility index (Phi) is 5.70. The Labute approximate surface area is 157 Å². The van der Waals surface area contributed by atoms with Gasteiger partial charge >= 0.3 is 0 Å². The molecule has 7 heteroatoms. The van der Waals surface area contributed by atoms with Crippen LogP contribution in [-0.4, -0.2) is 29.1 Å². The molecule has 2 aromatic carbocycles. The number of rotatable bonds is 6. The molecule has 0 aliphatic carbocycles. The van der Waals surface area contributed by atoms with Gasteiger partial charge in [-0.05, 0) is 17.8 Å². The summed E-state index contributed by atoms with van der Waals surface area (Å²) in [7, 11) is 3.21. The van der Waals surface area contributed by atoms with E-state index in [0.717, 1.165) is 5.69 Å². The summed E-state index contributed by atoms with van der Waals surface area (Å²) in [5.41, 5.74) is 1.95. The second-order valence-electron chi connectivity index (χ2n) is 5.56. The largest absolute Gasteiger partial charge is 0.497 e. The zero-order chi connectivity index (χ0) is 18.4. The third kappa shape index (κ3) is 4.73. The molecule has 1 aromatic heterocycles. The maximum absolute atomic E-state index is 5.36. The predicted octanol–water partition coefficient (Wildman–Crippen LogP) is 3.76. The lowest BCUT2D eigenvalue weighted by Gasteiger charge is -2.11. The van der Waals surface area contributed by atoms with Gasteiger partial charge in [-0.25, -0.2) is 0 Å². The van der Waals surface area contributed by atoms with Crippen LogP contribution in [0.1, 0.15) is 5.56 Å². The molecule has 0 radical (unpaired) electrons. The summed E-state index contributed by atoms with van der Waals surface area (Å²) in [5.74, 6) is 2.04. The van der Waals surface area contributed by atoms with E-state index in [9.17, 15) is 0 Å². The number of anilines is 2. The van der Waals surface area contributed by atoms with Crippen molar-refractivity contribution < 1.29 is 9.47 Å². The van der Waals surface area contributed by atoms with Gasteiger partial charge in [-0.2, -0.15) is 5.10 Å². The average molecular weight is 368 g/mol. The van der Waals surface area contributed by atoms with Crippen molar-refractivity contribution in [3.8, 4) is 11.5 Å². The van der Waals surface area contributed by atoms with Crippen molar-refractivity contribution in [2.24, 2.45) is 0 Å². The van der Waals surface area contributed by atoms with E-state index in [4.69, 9.17) is 21.7 Å². The van der Waals surface area contributed by atoms with Crippen LogP contribution in [0.3, 0.4) is 0 Å². The summed E-state index contributed by atoms with van der Waals surface area (Å²) in [5, 5.41) is 11.1. The molecule has 1 heterocycles. The van der Waals surface area contributed by atoms with Crippen LogP contribution in [0.5, 0.6) is 11.5 Å². The molecule has 0 saturated heterocycles. The van der Waals surface area contributed by atoms with Crippen molar-refractivity contribution in [1.29, 1.82) is 0 Å². The molecule has 0 aliphatic rings. The summed E-state index contributed by atoms with van der Waals surface area (Å²) in [4.78, 5) is 0. The maximum atomic E-state index is 5.36. The molecule has 0 atom stereocenters. The van der Waals surface area contributed by atoms with Crippen LogP contribution < -0.4 is 20.1 Å². The lowest BCUT2D eigenvalue weighted by Crippen LogP contribution is -2.19. The number of nitrogens with one attached hydrogen (secondary N) is 2. The van der Waals surface area contributed by atoms with Crippen molar-refractivity contribution in [3.05, 3.63) is 66.4 Å². The van der Waals surface area contributed by atoms with Gasteiger partial charge in [-0.3, -0.25) is 4.68 Å². The quantitative estimate of drug-likeness (QED) is 0.646. The van der Waals surface area contributed by atoms with Crippen LogP contribution in [0.2, 0.25) is 0 Å². The molecule has 0 fully saturated rings. The van der Waals surface area contributed by atoms with Crippen molar-refractivity contribution in [1.82, 2.24) is 9.78 Å². The van der Waals surface area contributed by atoms with E-state index in [1.165, 1.54) is 5.56 Å². The Morgan fingerprint density at radius 2 is 1.69 bits per heavy atom. The van der Waals surface area contributed by atoms with Gasteiger partial charge in [-0.15, -0.1) is 0 Å². The smallest absolute Gasteiger partial charge is 0.176 e. The standard InChI is InChI=1S/C19H20N4O2S/c1-24-16-10-15(11-17(12-16)25-2)20-19(26)21-18-8-9-23(22-18)13-14-6-4-3-5-7-14/h3-12H,13H2,1-2H3,(H2,20,21,22,26). The molecule has 3 aromatic rings. The van der Waals surface area contributed by atoms with Crippen LogP contribution in [0.25, 0.3) is 0 Å². The fourth-order valence-corrected chi connectivity index (χ4v) is 2.67. The van der Waals surface area contributed by atoms with Crippen LogP contribution in [0, 0.1) is 0 Å². The van der Waals surface area contributed by atoms with Crippen LogP contribution in [0.15, 0.2) is 60.8 Å². The zero-order valence-electron chi connectivity index (χ0n) is 14.6. The van der Waals surface area contributed by atoms with E-state index in [1.54, 1.807) is 20.3 Å². The van der Waals surface area contributed by atoms with E-state index < -0.39 is 0 Å². The van der Waals surface area contributed by atoms with Crippen molar-refractivity contribution in [3.63, 3.8) is 0 Å². The number of aromatic nitrogens is 2. The predicted molar refractivity (Wildman–Crippen MR) is 107 cm³/mol. The van der Waals surface area contributed by atoms with Gasteiger partial charge in [0, 0.05) is 36.1 Å². The Balaban J connectivity index is 1.62. The number of hydrogen-bond donors (Lipinski definition) is 2. The minimum Gasteiger partial charge on any atom is -0.497 e. The first kappa shape index (κ1) is 17.8. The molecule has 3 rings (SSSR count). The highest BCUT2D eigenvalue weighted by molar-refractivity contribution is 7.80. The lowest BCUT2D eigenvalue weighted by molar-refractivity contribution is 0.395. The monoisotopic (exact) mass is 368 g/mol. The minimum atomic E-state index is 0.435. The Morgan fingerprint density at radius 1 is 1.00 bits per heavy atom. The number of thiocarbonyl (C=S) groups is 1. The molecule has 6 nitrogen and oxygen atoms in total. The molecule has 0 aliphatic heterocycles. The number of hydrogen-bond acceptors (Lipinski definition) is 4. The van der Waals surface area contributed by atoms with Gasteiger partial charge in [0.05, 0.1) is 20.8 Å². The molecule has 0 bridgehead atoms. The highest BCUT2D eigenvalue weighted by Crippen LogP contribution is 2.25. The van der Waals surface area contributed by atoms with Crippen LogP contribution in [0.4, 0.5) is 11.5 Å². The number of methoxy groups -OCH3 is 2. The Morgan fingerprint density at radius 3 is 2.35 bits per heavy atom. The summed E-state index contributed by atoms with van der Waals surface area (Å²) < 4.78 is 12.4. The number of benzene rings is 2. The summed E-state index contributed by atoms with van der Waals surface area (Å²) >= 11 is 5.36. The highest BCUT2D eigenvalue weighted by Gasteiger charge is 2.06. The fourth-order valence-electron chi connectivity index (χ4n) is 2.45. The average Bonchev–Trinajstić information content (AvgIpc) is 3.08. The topological polar surface area (TPSA) is 60.3 Å². The van der Waals surface area contributed by atoms with Crippen molar-refractivity contribution in [2.75, 3.05) is 24.9 Å². The van der Waals surface area contributed by atoms with Crippen molar-refractivity contribution >= 4 is 28.8 Å². The number of nitrogens with zero attached hydrogens (tertiary/aromatic N) is 2. The summed E-state index contributed by atoms with van der Waals surface area (Å²) in [6.07, 6.45) is 1.91. The second-order valence-corrected chi connectivity index (χ2v) is 5.97. The third-order valence-corrected chi connectivity index (χ3v) is 3.88. The van der Waals surface area contributed by atoms with E-state index in [-0.39, 0.29) is 0 Å². The molecular formula is C19H20N4O2S. The molecule has 0 spiro atoms. The first-order valence-corrected chi connectivity index (χ1v) is 8.45. The first-order valence-electron chi connectivity index (χ1n) is 8.05. The lowest BCUT2D eigenvalue weighted by atomic mass is 10.2. The second kappa shape index (κ2) is 8.35. The fraction of sp³-hybridized carbons (Fsp3) is 0.158.